The van der Waals surface area contributed by atoms with Crippen molar-refractivity contribution in [2.75, 3.05) is 26.7 Å². The molecule has 0 atom stereocenters. The molecule has 29 heavy (non-hydrogen) atoms. The number of carbonyl (C=O) groups is 2. The summed E-state index contributed by atoms with van der Waals surface area (Å²) in [6.07, 6.45) is 5.56. The van der Waals surface area contributed by atoms with Crippen LogP contribution in [0.5, 0.6) is 5.75 Å². The lowest BCUT2D eigenvalue weighted by molar-refractivity contribution is -0.138. The second-order valence-electron chi connectivity index (χ2n) is 8.31. The number of carbonyl (C=O) groups excluding carboxylic acids is 2. The highest BCUT2D eigenvalue weighted by molar-refractivity contribution is 6.30. The summed E-state index contributed by atoms with van der Waals surface area (Å²) >= 11 is 5.84. The lowest BCUT2D eigenvalue weighted by atomic mass is 9.79. The second kappa shape index (κ2) is 10.3. The lowest BCUT2D eigenvalue weighted by Gasteiger charge is -2.35. The van der Waals surface area contributed by atoms with Crippen molar-refractivity contribution < 1.29 is 19.4 Å². The number of amides is 2. The molecule has 0 bridgehead atoms. The Morgan fingerprint density at radius 1 is 1.10 bits per heavy atom. The topological polar surface area (TPSA) is 70.1 Å². The van der Waals surface area contributed by atoms with Gasteiger partial charge in [-0.25, -0.2) is 4.79 Å². The van der Waals surface area contributed by atoms with Gasteiger partial charge in [-0.2, -0.15) is 0 Å². The minimum Gasteiger partial charge on any atom is -0.410 e. The zero-order chi connectivity index (χ0) is 20.8. The van der Waals surface area contributed by atoms with Gasteiger partial charge >= 0.3 is 6.09 Å². The van der Waals surface area contributed by atoms with Gasteiger partial charge < -0.3 is 19.6 Å². The molecule has 1 heterocycles. The van der Waals surface area contributed by atoms with Crippen LogP contribution in [0.2, 0.25) is 5.02 Å². The van der Waals surface area contributed by atoms with E-state index in [4.69, 9.17) is 16.3 Å². The molecule has 0 spiro atoms. The van der Waals surface area contributed by atoms with Crippen LogP contribution in [0.25, 0.3) is 0 Å². The van der Waals surface area contributed by atoms with Gasteiger partial charge in [0.2, 0.25) is 5.91 Å². The highest BCUT2D eigenvalue weighted by Crippen LogP contribution is 2.32. The third kappa shape index (κ3) is 6.34. The van der Waals surface area contributed by atoms with Gasteiger partial charge in [-0.3, -0.25) is 4.79 Å². The average Bonchev–Trinajstić information content (AvgIpc) is 2.74. The number of aliphatic hydroxyl groups excluding tert-OH is 1. The van der Waals surface area contributed by atoms with Crippen molar-refractivity contribution in [3.63, 3.8) is 0 Å². The molecule has 1 aromatic rings. The molecule has 1 aliphatic heterocycles. The summed E-state index contributed by atoms with van der Waals surface area (Å²) in [5.41, 5.74) is 0. The molecule has 0 unspecified atom stereocenters. The maximum atomic E-state index is 12.7. The fourth-order valence-corrected chi connectivity index (χ4v) is 4.32. The van der Waals surface area contributed by atoms with E-state index in [1.54, 1.807) is 36.2 Å². The van der Waals surface area contributed by atoms with Crippen molar-refractivity contribution in [1.29, 1.82) is 0 Å². The number of aliphatic hydroxyl groups is 1. The van der Waals surface area contributed by atoms with Gasteiger partial charge in [0.25, 0.3) is 0 Å². The SMILES string of the molecule is CN(CC[C@H]1CC[C@H](C(=O)N2CCC(O)CC2)CC1)C(=O)Oc1ccc(Cl)cc1. The second-order valence-corrected chi connectivity index (χ2v) is 8.74. The Hall–Kier alpha value is -1.79. The van der Waals surface area contributed by atoms with Crippen LogP contribution in [0.1, 0.15) is 44.9 Å². The van der Waals surface area contributed by atoms with Gasteiger partial charge in [-0.05, 0) is 75.1 Å². The lowest BCUT2D eigenvalue weighted by Crippen LogP contribution is -2.43. The van der Waals surface area contributed by atoms with Gasteiger partial charge in [0.1, 0.15) is 5.75 Å². The molecule has 1 saturated carbocycles. The number of benzene rings is 1. The predicted octanol–water partition coefficient (Wildman–Crippen LogP) is 3.95. The number of ether oxygens (including phenoxy) is 1. The maximum absolute atomic E-state index is 12.7. The fourth-order valence-electron chi connectivity index (χ4n) is 4.19. The predicted molar refractivity (Wildman–Crippen MR) is 112 cm³/mol. The first-order valence-corrected chi connectivity index (χ1v) is 11.0. The zero-order valence-electron chi connectivity index (χ0n) is 17.1. The van der Waals surface area contributed by atoms with E-state index in [9.17, 15) is 14.7 Å². The Bertz CT molecular complexity index is 681. The standard InChI is InChI=1S/C22H31ClN2O4/c1-24(22(28)29-20-8-6-18(23)7-9-20)13-10-16-2-4-17(5-3-16)21(27)25-14-11-19(26)12-15-25/h6-9,16-17,19,26H,2-5,10-15H2,1H3/t16-,17-. The first-order chi connectivity index (χ1) is 13.9. The van der Waals surface area contributed by atoms with E-state index < -0.39 is 0 Å². The van der Waals surface area contributed by atoms with Crippen LogP contribution in [0.15, 0.2) is 24.3 Å². The van der Waals surface area contributed by atoms with Gasteiger partial charge in [-0.1, -0.05) is 11.6 Å². The summed E-state index contributed by atoms with van der Waals surface area (Å²) in [6, 6.07) is 6.73. The van der Waals surface area contributed by atoms with Crippen molar-refractivity contribution in [2.45, 2.75) is 51.0 Å². The van der Waals surface area contributed by atoms with Crippen molar-refractivity contribution in [2.24, 2.45) is 11.8 Å². The summed E-state index contributed by atoms with van der Waals surface area (Å²) in [5.74, 6) is 1.40. The number of hydrogen-bond acceptors (Lipinski definition) is 4. The molecule has 1 saturated heterocycles. The van der Waals surface area contributed by atoms with Crippen LogP contribution in [0.4, 0.5) is 4.79 Å². The summed E-state index contributed by atoms with van der Waals surface area (Å²) in [7, 11) is 1.75. The molecule has 2 aliphatic rings. The largest absolute Gasteiger partial charge is 0.414 e. The molecule has 6 nitrogen and oxygen atoms in total. The Morgan fingerprint density at radius 2 is 1.72 bits per heavy atom. The summed E-state index contributed by atoms with van der Waals surface area (Å²) in [6.45, 7) is 2.00. The smallest absolute Gasteiger partial charge is 0.410 e. The van der Waals surface area contributed by atoms with E-state index >= 15 is 0 Å². The third-order valence-corrected chi connectivity index (χ3v) is 6.43. The first kappa shape index (κ1) is 21.9. The zero-order valence-corrected chi connectivity index (χ0v) is 17.8. The van der Waals surface area contributed by atoms with E-state index in [2.05, 4.69) is 0 Å². The number of likely N-dealkylation sites (tertiary alicyclic amines) is 1. The highest BCUT2D eigenvalue weighted by atomic mass is 35.5. The van der Waals surface area contributed by atoms with Gasteiger partial charge in [0.15, 0.2) is 0 Å². The van der Waals surface area contributed by atoms with E-state index in [1.165, 1.54) is 0 Å². The van der Waals surface area contributed by atoms with Crippen LogP contribution >= 0.6 is 11.6 Å². The fraction of sp³-hybridized carbons (Fsp3) is 0.636. The Morgan fingerprint density at radius 3 is 2.34 bits per heavy atom. The summed E-state index contributed by atoms with van der Waals surface area (Å²) in [4.78, 5) is 28.4. The molecular weight excluding hydrogens is 392 g/mol. The van der Waals surface area contributed by atoms with Gasteiger partial charge in [0.05, 0.1) is 6.10 Å². The molecule has 1 aliphatic carbocycles. The molecule has 0 aromatic heterocycles. The van der Waals surface area contributed by atoms with Gasteiger partial charge in [-0.15, -0.1) is 0 Å². The molecule has 2 fully saturated rings. The van der Waals surface area contributed by atoms with E-state index in [0.29, 0.717) is 49.2 Å². The molecule has 1 aromatic carbocycles. The van der Waals surface area contributed by atoms with E-state index in [-0.39, 0.29) is 24.0 Å². The molecule has 7 heteroatoms. The summed E-state index contributed by atoms with van der Waals surface area (Å²) in [5, 5.41) is 10.2. The van der Waals surface area contributed by atoms with Crippen molar-refractivity contribution in [1.82, 2.24) is 9.80 Å². The van der Waals surface area contributed by atoms with Gasteiger partial charge in [0, 0.05) is 37.6 Å². The van der Waals surface area contributed by atoms with Crippen LogP contribution in [0, 0.1) is 11.8 Å². The molecule has 1 N–H and O–H groups in total. The average molecular weight is 423 g/mol. The van der Waals surface area contributed by atoms with E-state index in [1.807, 2.05) is 4.90 Å². The monoisotopic (exact) mass is 422 g/mol. The number of piperidine rings is 1. The Labute approximate surface area is 177 Å². The van der Waals surface area contributed by atoms with E-state index in [0.717, 1.165) is 32.1 Å². The number of nitrogens with zero attached hydrogens (tertiary/aromatic N) is 2. The maximum Gasteiger partial charge on any atom is 0.414 e. The number of halogens is 1. The van der Waals surface area contributed by atoms with Crippen LogP contribution < -0.4 is 4.74 Å². The van der Waals surface area contributed by atoms with Crippen molar-refractivity contribution in [3.8, 4) is 5.75 Å². The molecule has 3 rings (SSSR count). The number of hydrogen-bond donors (Lipinski definition) is 1. The Kier molecular flexibility index (Phi) is 7.78. The minimum atomic E-state index is -0.372. The van der Waals surface area contributed by atoms with Crippen LogP contribution in [-0.4, -0.2) is 59.7 Å². The van der Waals surface area contributed by atoms with Crippen LogP contribution in [0.3, 0.4) is 0 Å². The molecule has 0 radical (unpaired) electrons. The van der Waals surface area contributed by atoms with Crippen molar-refractivity contribution in [3.05, 3.63) is 29.3 Å². The third-order valence-electron chi connectivity index (χ3n) is 6.18. The van der Waals surface area contributed by atoms with Crippen LogP contribution in [-0.2, 0) is 4.79 Å². The first-order valence-electron chi connectivity index (χ1n) is 10.6. The minimum absolute atomic E-state index is 0.120. The highest BCUT2D eigenvalue weighted by Gasteiger charge is 2.31. The molecule has 160 valence electrons. The number of rotatable bonds is 5. The molecular formula is C22H31ClN2O4. The quantitative estimate of drug-likeness (QED) is 0.779. The normalized spacial score (nSPS) is 22.9. The summed E-state index contributed by atoms with van der Waals surface area (Å²) < 4.78 is 5.35. The van der Waals surface area contributed by atoms with Crippen molar-refractivity contribution >= 4 is 23.6 Å². The molecule has 2 amide bonds. The Balaban J connectivity index is 1.36.